The molecule has 0 saturated carbocycles. The molecule has 2 aromatic carbocycles. The van der Waals surface area contributed by atoms with Crippen LogP contribution in [0.15, 0.2) is 42.5 Å². The third-order valence-corrected chi connectivity index (χ3v) is 8.07. The summed E-state index contributed by atoms with van der Waals surface area (Å²) in [5, 5.41) is 4.23. The molecule has 2 N–H and O–H groups in total. The van der Waals surface area contributed by atoms with E-state index in [0.717, 1.165) is 24.2 Å². The van der Waals surface area contributed by atoms with Gasteiger partial charge in [0.25, 0.3) is 0 Å². The van der Waals surface area contributed by atoms with Crippen LogP contribution in [0.3, 0.4) is 0 Å². The van der Waals surface area contributed by atoms with Crippen molar-refractivity contribution >= 4 is 40.6 Å². The van der Waals surface area contributed by atoms with E-state index >= 15 is 0 Å². The molecule has 0 heterocycles. The molecule has 2 amide bonds. The Labute approximate surface area is 245 Å². The number of carbonyl (C=O) groups excluding carboxylic acids is 3. The Morgan fingerprint density at radius 1 is 0.850 bits per heavy atom. The van der Waals surface area contributed by atoms with E-state index in [1.54, 1.807) is 45.0 Å². The van der Waals surface area contributed by atoms with Gasteiger partial charge in [0.2, 0.25) is 11.8 Å². The fourth-order valence-corrected chi connectivity index (χ4v) is 4.47. The summed E-state index contributed by atoms with van der Waals surface area (Å²) in [6.45, 7) is 20.3. The molecular formula is C33H47ClN2O4. The number of nitrogens with one attached hydrogen (secondary N) is 2. The van der Waals surface area contributed by atoms with E-state index in [1.807, 2.05) is 13.0 Å². The minimum absolute atomic E-state index is 0.0589. The van der Waals surface area contributed by atoms with Crippen molar-refractivity contribution in [3.8, 4) is 5.75 Å². The fourth-order valence-electron chi connectivity index (χ4n) is 4.09. The molecule has 40 heavy (non-hydrogen) atoms. The molecule has 0 aliphatic rings. The molecular weight excluding hydrogens is 524 g/mol. The highest BCUT2D eigenvalue weighted by atomic mass is 35.5. The first-order valence-electron chi connectivity index (χ1n) is 14.1. The summed E-state index contributed by atoms with van der Waals surface area (Å²) >= 11 is 6.11. The molecule has 2 aromatic rings. The van der Waals surface area contributed by atoms with Gasteiger partial charge in [0.1, 0.15) is 11.9 Å². The lowest BCUT2D eigenvalue weighted by molar-refractivity contribution is -0.130. The van der Waals surface area contributed by atoms with E-state index in [1.165, 1.54) is 5.56 Å². The summed E-state index contributed by atoms with van der Waals surface area (Å²) in [5.41, 5.74) is 2.61. The number of hydrogen-bond donors (Lipinski definition) is 2. The van der Waals surface area contributed by atoms with Gasteiger partial charge in [-0.3, -0.25) is 14.4 Å². The summed E-state index contributed by atoms with van der Waals surface area (Å²) < 4.78 is 6.33. The van der Waals surface area contributed by atoms with Gasteiger partial charge in [-0.05, 0) is 60.4 Å². The van der Waals surface area contributed by atoms with E-state index in [2.05, 4.69) is 64.3 Å². The number of halogens is 1. The third kappa shape index (κ3) is 8.82. The molecule has 2 rings (SSSR count). The maximum atomic E-state index is 12.9. The molecule has 0 fully saturated rings. The molecule has 0 spiro atoms. The summed E-state index contributed by atoms with van der Waals surface area (Å²) in [6.07, 6.45) is 1.77. The number of Topliss-reactive ketones (excluding diaryl/α,β-unsaturated/α-hetero) is 1. The minimum Gasteiger partial charge on any atom is -0.490 e. The van der Waals surface area contributed by atoms with E-state index in [4.69, 9.17) is 16.3 Å². The highest BCUT2D eigenvalue weighted by Gasteiger charge is 2.33. The van der Waals surface area contributed by atoms with Gasteiger partial charge in [-0.15, -0.1) is 11.6 Å². The molecule has 0 radical (unpaired) electrons. The van der Waals surface area contributed by atoms with Crippen LogP contribution in [-0.4, -0.2) is 29.1 Å². The van der Waals surface area contributed by atoms with Crippen molar-refractivity contribution < 1.29 is 19.1 Å². The highest BCUT2D eigenvalue weighted by Crippen LogP contribution is 2.39. The Bertz CT molecular complexity index is 1210. The van der Waals surface area contributed by atoms with Crippen LogP contribution < -0.4 is 15.4 Å². The molecule has 2 atom stereocenters. The van der Waals surface area contributed by atoms with Crippen molar-refractivity contribution in [2.45, 2.75) is 111 Å². The topological polar surface area (TPSA) is 84.5 Å². The van der Waals surface area contributed by atoms with E-state index in [0.29, 0.717) is 11.4 Å². The molecule has 6 nitrogen and oxygen atoms in total. The van der Waals surface area contributed by atoms with Crippen LogP contribution in [0.5, 0.6) is 5.75 Å². The Balaban J connectivity index is 2.10. The van der Waals surface area contributed by atoms with E-state index in [9.17, 15) is 14.4 Å². The fraction of sp³-hybridized carbons (Fsp3) is 0.545. The van der Waals surface area contributed by atoms with Crippen molar-refractivity contribution in [1.82, 2.24) is 0 Å². The lowest BCUT2D eigenvalue weighted by Crippen LogP contribution is -2.37. The SMILES string of the molecule is CCC(C)(C)c1ccc(OC(C)CC(=O)Nc2cccc(NC(=O)C(Cl)C(=O)C(C)(C)C)c2)c(C(C)(C)CC)c1. The van der Waals surface area contributed by atoms with Crippen LogP contribution in [0.4, 0.5) is 11.4 Å². The van der Waals surface area contributed by atoms with Gasteiger partial charge in [-0.1, -0.05) is 80.5 Å². The third-order valence-electron chi connectivity index (χ3n) is 7.67. The summed E-state index contributed by atoms with van der Waals surface area (Å²) in [5.74, 6) is -0.382. The number of alkyl halides is 1. The van der Waals surface area contributed by atoms with Crippen LogP contribution >= 0.6 is 11.6 Å². The van der Waals surface area contributed by atoms with Crippen LogP contribution in [0.1, 0.15) is 99.6 Å². The van der Waals surface area contributed by atoms with Gasteiger partial charge in [-0.2, -0.15) is 0 Å². The Hall–Kier alpha value is -2.86. The van der Waals surface area contributed by atoms with Crippen molar-refractivity contribution in [2.24, 2.45) is 5.41 Å². The predicted octanol–water partition coefficient (Wildman–Crippen LogP) is 8.02. The number of hydrogen-bond acceptors (Lipinski definition) is 4. The maximum Gasteiger partial charge on any atom is 0.250 e. The second-order valence-electron chi connectivity index (χ2n) is 12.9. The number of anilines is 2. The van der Waals surface area contributed by atoms with E-state index in [-0.39, 0.29) is 35.0 Å². The summed E-state index contributed by atoms with van der Waals surface area (Å²) in [7, 11) is 0. The molecule has 220 valence electrons. The van der Waals surface area contributed by atoms with Crippen LogP contribution in [0, 0.1) is 5.41 Å². The van der Waals surface area contributed by atoms with Crippen molar-refractivity contribution in [3.63, 3.8) is 0 Å². The monoisotopic (exact) mass is 570 g/mol. The van der Waals surface area contributed by atoms with Crippen LogP contribution in [-0.2, 0) is 25.2 Å². The zero-order valence-corrected chi connectivity index (χ0v) is 26.6. The second-order valence-corrected chi connectivity index (χ2v) is 13.3. The summed E-state index contributed by atoms with van der Waals surface area (Å²) in [6, 6.07) is 13.2. The standard InChI is InChI=1S/C33H47ClN2O4/c1-11-32(7,8)22-16-17-26(25(19-22)33(9,10)12-2)40-21(3)18-27(37)35-23-14-13-15-24(20-23)36-30(39)28(34)29(38)31(4,5)6/h13-17,19-21,28H,11-12,18H2,1-10H3,(H,35,37)(H,36,39). The number of carbonyl (C=O) groups is 3. The number of amides is 2. The normalized spacial score (nSPS) is 13.8. The average Bonchev–Trinajstić information content (AvgIpc) is 2.87. The largest absolute Gasteiger partial charge is 0.490 e. The molecule has 0 bridgehead atoms. The van der Waals surface area contributed by atoms with E-state index < -0.39 is 16.7 Å². The lowest BCUT2D eigenvalue weighted by atomic mass is 9.76. The van der Waals surface area contributed by atoms with Gasteiger partial charge in [0, 0.05) is 22.4 Å². The summed E-state index contributed by atoms with van der Waals surface area (Å²) in [4.78, 5) is 37.7. The lowest BCUT2D eigenvalue weighted by Gasteiger charge is -2.31. The van der Waals surface area contributed by atoms with Crippen molar-refractivity contribution in [1.29, 1.82) is 0 Å². The van der Waals surface area contributed by atoms with Gasteiger partial charge in [0.15, 0.2) is 11.2 Å². The van der Waals surface area contributed by atoms with Crippen molar-refractivity contribution in [3.05, 3.63) is 53.6 Å². The molecule has 0 aliphatic heterocycles. The highest BCUT2D eigenvalue weighted by molar-refractivity contribution is 6.43. The van der Waals surface area contributed by atoms with Gasteiger partial charge in [-0.25, -0.2) is 0 Å². The minimum atomic E-state index is -1.30. The Morgan fingerprint density at radius 2 is 1.43 bits per heavy atom. The van der Waals surface area contributed by atoms with Gasteiger partial charge >= 0.3 is 0 Å². The second kappa shape index (κ2) is 13.2. The maximum absolute atomic E-state index is 12.9. The molecule has 0 aromatic heterocycles. The number of ether oxygens (including phenoxy) is 1. The van der Waals surface area contributed by atoms with Gasteiger partial charge in [0.05, 0.1) is 6.42 Å². The zero-order valence-electron chi connectivity index (χ0n) is 25.8. The molecule has 0 aliphatic carbocycles. The first-order chi connectivity index (χ1) is 18.4. The first kappa shape index (κ1) is 33.3. The molecule has 7 heteroatoms. The van der Waals surface area contributed by atoms with Crippen molar-refractivity contribution in [2.75, 3.05) is 10.6 Å². The number of rotatable bonds is 12. The quantitative estimate of drug-likeness (QED) is 0.200. The van der Waals surface area contributed by atoms with Gasteiger partial charge < -0.3 is 15.4 Å². The average molecular weight is 571 g/mol. The van der Waals surface area contributed by atoms with Crippen LogP contribution in [0.2, 0.25) is 0 Å². The Kier molecular flexibility index (Phi) is 11.0. The smallest absolute Gasteiger partial charge is 0.250 e. The molecule has 0 saturated heterocycles. The zero-order chi connectivity index (χ0) is 30.5. The predicted molar refractivity (Wildman–Crippen MR) is 166 cm³/mol. The first-order valence-corrected chi connectivity index (χ1v) is 14.6. The Morgan fingerprint density at radius 3 is 1.98 bits per heavy atom. The number of ketones is 1. The van der Waals surface area contributed by atoms with Crippen LogP contribution in [0.25, 0.3) is 0 Å². The number of benzene rings is 2. The molecule has 2 unspecified atom stereocenters.